The molecule has 1 aromatic heterocycles. The van der Waals surface area contributed by atoms with Gasteiger partial charge in [0.15, 0.2) is 0 Å². The molecule has 1 saturated heterocycles. The number of rotatable bonds is 2. The number of ether oxygens (including phenoxy) is 1. The van der Waals surface area contributed by atoms with E-state index in [1.165, 1.54) is 0 Å². The van der Waals surface area contributed by atoms with E-state index in [4.69, 9.17) is 9.53 Å². The van der Waals surface area contributed by atoms with E-state index in [2.05, 4.69) is 26.2 Å². The normalized spacial score (nSPS) is 13.4. The number of carbonyl (C=O) groups is 1. The van der Waals surface area contributed by atoms with Crippen molar-refractivity contribution >= 4 is 28.4 Å². The zero-order valence-corrected chi connectivity index (χ0v) is 14.6. The summed E-state index contributed by atoms with van der Waals surface area (Å²) in [5.74, 6) is 0. The van der Waals surface area contributed by atoms with E-state index in [-0.39, 0.29) is 0 Å². The molecule has 2 rings (SSSR count). The van der Waals surface area contributed by atoms with Crippen molar-refractivity contribution in [3.63, 3.8) is 0 Å². The highest BCUT2D eigenvalue weighted by Gasteiger charge is 2.12. The minimum atomic E-state index is 0.534. The van der Waals surface area contributed by atoms with Crippen LogP contribution in [-0.2, 0) is 9.53 Å². The van der Waals surface area contributed by atoms with Crippen LogP contribution in [0.15, 0.2) is 22.9 Å². The Balaban J connectivity index is 0. The monoisotopic (exact) mass is 346 g/mol. The van der Waals surface area contributed by atoms with Gasteiger partial charge in [0.05, 0.1) is 11.9 Å². The molecule has 1 aliphatic rings. The van der Waals surface area contributed by atoms with Gasteiger partial charge in [0.25, 0.3) is 0 Å². The predicted octanol–water partition coefficient (Wildman–Crippen LogP) is 4.30. The number of carbonyl (C=O) groups excluding carboxylic acids is 1. The molecule has 20 heavy (non-hydrogen) atoms. The van der Waals surface area contributed by atoms with E-state index in [0.29, 0.717) is 6.04 Å². The smallest absolute Gasteiger partial charge is 0.106 e. The Morgan fingerprint density at radius 2 is 1.75 bits per heavy atom. The number of hydrogen-bond acceptors (Lipinski definition) is 4. The van der Waals surface area contributed by atoms with Crippen LogP contribution in [-0.4, -0.2) is 31.0 Å². The van der Waals surface area contributed by atoms with E-state index in [1.54, 1.807) is 0 Å². The number of nitrogens with one attached hydrogen (secondary N) is 1. The molecule has 1 aromatic rings. The van der Waals surface area contributed by atoms with Gasteiger partial charge in [-0.15, -0.1) is 0 Å². The summed E-state index contributed by atoms with van der Waals surface area (Å²) in [6.45, 7) is 11.7. The van der Waals surface area contributed by atoms with Crippen molar-refractivity contribution < 1.29 is 9.53 Å². The molecule has 0 atom stereocenters. The Labute approximate surface area is 131 Å². The summed E-state index contributed by atoms with van der Waals surface area (Å²) in [4.78, 5) is 12.2. The van der Waals surface area contributed by atoms with Crippen molar-refractivity contribution in [2.45, 2.75) is 46.6 Å². The van der Waals surface area contributed by atoms with Crippen LogP contribution >= 0.6 is 15.9 Å². The molecule has 0 saturated carbocycles. The van der Waals surface area contributed by atoms with Crippen LogP contribution in [0, 0.1) is 0 Å². The van der Waals surface area contributed by atoms with Gasteiger partial charge in [-0.1, -0.05) is 27.7 Å². The minimum Gasteiger partial charge on any atom is -0.381 e. The van der Waals surface area contributed by atoms with Gasteiger partial charge in [0.1, 0.15) is 11.4 Å². The topological polar surface area (TPSA) is 51.2 Å². The van der Waals surface area contributed by atoms with E-state index in [0.717, 1.165) is 36.3 Å². The number of anilines is 1. The molecule has 4 nitrogen and oxygen atoms in total. The highest BCUT2D eigenvalue weighted by molar-refractivity contribution is 9.10. The second-order valence-electron chi connectivity index (χ2n) is 3.40. The number of aromatic nitrogens is 1. The van der Waals surface area contributed by atoms with Gasteiger partial charge < -0.3 is 14.8 Å². The Bertz CT molecular complexity index is 301. The predicted molar refractivity (Wildman–Crippen MR) is 89.2 cm³/mol. The van der Waals surface area contributed by atoms with Crippen LogP contribution < -0.4 is 5.32 Å². The molecule has 0 unspecified atom stereocenters. The zero-order chi connectivity index (χ0) is 15.8. The highest BCUT2D eigenvalue weighted by Crippen LogP contribution is 2.15. The van der Waals surface area contributed by atoms with Crippen molar-refractivity contribution in [3.8, 4) is 0 Å². The highest BCUT2D eigenvalue weighted by atomic mass is 79.9. The molecule has 2 heterocycles. The lowest BCUT2D eigenvalue weighted by Gasteiger charge is -2.23. The Morgan fingerprint density at radius 1 is 1.20 bits per heavy atom. The lowest BCUT2D eigenvalue weighted by Crippen LogP contribution is -2.27. The van der Waals surface area contributed by atoms with Crippen LogP contribution in [0.1, 0.15) is 40.5 Å². The molecule has 1 N–H and O–H groups in total. The third kappa shape index (κ3) is 9.92. The van der Waals surface area contributed by atoms with Crippen LogP contribution in [0.3, 0.4) is 0 Å². The van der Waals surface area contributed by atoms with Crippen molar-refractivity contribution in [1.29, 1.82) is 0 Å². The first-order chi connectivity index (χ1) is 9.84. The Hall–Kier alpha value is -0.940. The summed E-state index contributed by atoms with van der Waals surface area (Å²) in [6, 6.07) is 4.51. The summed E-state index contributed by atoms with van der Waals surface area (Å²) in [6.07, 6.45) is 4.01. The summed E-state index contributed by atoms with van der Waals surface area (Å²) < 4.78 is 6.16. The summed E-state index contributed by atoms with van der Waals surface area (Å²) in [7, 11) is 0. The lowest BCUT2D eigenvalue weighted by molar-refractivity contribution is -0.0979. The molecule has 0 bridgehead atoms. The number of pyridine rings is 1. The van der Waals surface area contributed by atoms with Crippen LogP contribution in [0.25, 0.3) is 0 Å². The van der Waals surface area contributed by atoms with E-state index < -0.39 is 0 Å². The first kappa shape index (κ1) is 21.4. The molecule has 1 aliphatic heterocycles. The fourth-order valence-electron chi connectivity index (χ4n) is 1.54. The van der Waals surface area contributed by atoms with Gasteiger partial charge in [-0.25, -0.2) is 4.98 Å². The van der Waals surface area contributed by atoms with Crippen molar-refractivity contribution in [3.05, 3.63) is 22.9 Å². The molecule has 0 spiro atoms. The van der Waals surface area contributed by atoms with Crippen LogP contribution in [0.2, 0.25) is 0 Å². The fraction of sp³-hybridized carbons (Fsp3) is 0.600. The SMILES string of the molecule is Brc1ccc(NC2CCOCC2)cn1.C=O.CC.CC. The van der Waals surface area contributed by atoms with Gasteiger partial charge in [-0.3, -0.25) is 0 Å². The molecule has 116 valence electrons. The van der Waals surface area contributed by atoms with Crippen molar-refractivity contribution in [2.24, 2.45) is 0 Å². The molecule has 0 radical (unpaired) electrons. The standard InChI is InChI=1S/C10H13BrN2O.2C2H6.CH2O/c11-10-2-1-9(7-12-10)13-8-3-5-14-6-4-8;3*1-2/h1-2,7-8,13H,3-6H2;2*1-2H3;1H2. The zero-order valence-electron chi connectivity index (χ0n) is 13.0. The second-order valence-corrected chi connectivity index (χ2v) is 4.21. The Kier molecular flexibility index (Phi) is 17.2. The average Bonchev–Trinajstić information content (AvgIpc) is 2.56. The number of nitrogens with zero attached hydrogens (tertiary/aromatic N) is 1. The maximum Gasteiger partial charge on any atom is 0.106 e. The van der Waals surface area contributed by atoms with Gasteiger partial charge in [-0.05, 0) is 40.9 Å². The third-order valence-electron chi connectivity index (χ3n) is 2.32. The summed E-state index contributed by atoms with van der Waals surface area (Å²) >= 11 is 3.31. The van der Waals surface area contributed by atoms with Crippen LogP contribution in [0.4, 0.5) is 5.69 Å². The van der Waals surface area contributed by atoms with Crippen molar-refractivity contribution in [1.82, 2.24) is 4.98 Å². The van der Waals surface area contributed by atoms with E-state index >= 15 is 0 Å². The number of hydrogen-bond donors (Lipinski definition) is 1. The van der Waals surface area contributed by atoms with Gasteiger partial charge in [-0.2, -0.15) is 0 Å². The molecule has 0 amide bonds. The van der Waals surface area contributed by atoms with Crippen molar-refractivity contribution in [2.75, 3.05) is 18.5 Å². The van der Waals surface area contributed by atoms with E-state index in [1.807, 2.05) is 52.8 Å². The van der Waals surface area contributed by atoms with Gasteiger partial charge in [0.2, 0.25) is 0 Å². The molecular weight excluding hydrogens is 320 g/mol. The average molecular weight is 347 g/mol. The van der Waals surface area contributed by atoms with Gasteiger partial charge >= 0.3 is 0 Å². The third-order valence-corrected chi connectivity index (χ3v) is 2.79. The minimum absolute atomic E-state index is 0.534. The van der Waals surface area contributed by atoms with Crippen LogP contribution in [0.5, 0.6) is 0 Å². The molecule has 1 fully saturated rings. The summed E-state index contributed by atoms with van der Waals surface area (Å²) in [5, 5.41) is 3.44. The first-order valence-corrected chi connectivity index (χ1v) is 7.88. The largest absolute Gasteiger partial charge is 0.381 e. The number of halogens is 1. The molecule has 0 aliphatic carbocycles. The maximum absolute atomic E-state index is 8.00. The maximum atomic E-state index is 8.00. The molecule has 5 heteroatoms. The lowest BCUT2D eigenvalue weighted by atomic mass is 10.1. The second kappa shape index (κ2) is 16.1. The Morgan fingerprint density at radius 3 is 2.20 bits per heavy atom. The van der Waals surface area contributed by atoms with E-state index in [9.17, 15) is 0 Å². The van der Waals surface area contributed by atoms with Gasteiger partial charge in [0, 0.05) is 19.3 Å². The quantitative estimate of drug-likeness (QED) is 0.811. The molecular formula is C15H27BrN2O2. The fourth-order valence-corrected chi connectivity index (χ4v) is 1.77. The first-order valence-electron chi connectivity index (χ1n) is 7.09. The molecule has 0 aromatic carbocycles. The summed E-state index contributed by atoms with van der Waals surface area (Å²) in [5.41, 5.74) is 1.08.